The summed E-state index contributed by atoms with van der Waals surface area (Å²) < 4.78 is 2.36. The third-order valence-electron chi connectivity index (χ3n) is 6.77. The molecule has 5 aromatic carbocycles. The normalized spacial score (nSPS) is 11.4. The predicted octanol–water partition coefficient (Wildman–Crippen LogP) is 8.73. The third-order valence-corrected chi connectivity index (χ3v) is 6.77. The summed E-state index contributed by atoms with van der Waals surface area (Å²) in [5.41, 5.74) is 8.13. The number of aromatic amines is 1. The number of para-hydroxylation sites is 3. The van der Waals surface area contributed by atoms with E-state index in [0.717, 1.165) is 28.3 Å². The Bertz CT molecular complexity index is 1740. The van der Waals surface area contributed by atoms with Crippen LogP contribution in [0.3, 0.4) is 0 Å². The zero-order valence-corrected chi connectivity index (χ0v) is 19.1. The van der Waals surface area contributed by atoms with Crippen molar-refractivity contribution < 1.29 is 0 Å². The monoisotopic (exact) mass is 449 g/mol. The van der Waals surface area contributed by atoms with Crippen molar-refractivity contribution in [2.24, 2.45) is 0 Å². The van der Waals surface area contributed by atoms with E-state index in [4.69, 9.17) is 0 Å². The van der Waals surface area contributed by atoms with E-state index in [2.05, 4.69) is 142 Å². The summed E-state index contributed by atoms with van der Waals surface area (Å²) in [5, 5.41) is 3.75. The number of fused-ring (bicyclic) bond motifs is 4. The molecule has 0 amide bonds. The van der Waals surface area contributed by atoms with Gasteiger partial charge in [0.15, 0.2) is 0 Å². The highest BCUT2D eigenvalue weighted by Gasteiger charge is 2.16. The largest absolute Gasteiger partial charge is 0.361 e. The van der Waals surface area contributed by atoms with Gasteiger partial charge in [-0.3, -0.25) is 0 Å². The van der Waals surface area contributed by atoms with Crippen LogP contribution in [-0.4, -0.2) is 9.55 Å². The fraction of sp³-hybridized carbons (Fsp3) is 0. The number of anilines is 3. The summed E-state index contributed by atoms with van der Waals surface area (Å²) in [6, 6.07) is 45.3. The molecule has 0 aliphatic heterocycles. The minimum absolute atomic E-state index is 1.12. The molecule has 7 aromatic rings. The summed E-state index contributed by atoms with van der Waals surface area (Å²) in [4.78, 5) is 5.67. The van der Waals surface area contributed by atoms with Crippen LogP contribution in [0.2, 0.25) is 0 Å². The molecular formula is C32H23N3. The highest BCUT2D eigenvalue weighted by atomic mass is 15.1. The van der Waals surface area contributed by atoms with Crippen LogP contribution in [-0.2, 0) is 0 Å². The third kappa shape index (κ3) is 3.13. The van der Waals surface area contributed by atoms with E-state index in [9.17, 15) is 0 Å². The number of nitrogens with zero attached hydrogens (tertiary/aromatic N) is 2. The first-order chi connectivity index (χ1) is 17.4. The average molecular weight is 450 g/mol. The van der Waals surface area contributed by atoms with Crippen LogP contribution in [0.1, 0.15) is 0 Å². The Morgan fingerprint density at radius 2 is 1.11 bits per heavy atom. The molecule has 1 N–H and O–H groups in total. The van der Waals surface area contributed by atoms with Crippen LogP contribution in [0.4, 0.5) is 17.1 Å². The van der Waals surface area contributed by atoms with Crippen molar-refractivity contribution in [3.63, 3.8) is 0 Å². The van der Waals surface area contributed by atoms with Gasteiger partial charge in [0.05, 0.1) is 16.7 Å². The smallest absolute Gasteiger partial charge is 0.0555 e. The van der Waals surface area contributed by atoms with Crippen LogP contribution in [0.25, 0.3) is 38.4 Å². The minimum Gasteiger partial charge on any atom is -0.361 e. The van der Waals surface area contributed by atoms with Crippen LogP contribution < -0.4 is 4.90 Å². The molecule has 0 saturated carbocycles. The van der Waals surface area contributed by atoms with Crippen molar-refractivity contribution in [1.29, 1.82) is 0 Å². The van der Waals surface area contributed by atoms with Gasteiger partial charge in [-0.2, -0.15) is 0 Å². The van der Waals surface area contributed by atoms with E-state index < -0.39 is 0 Å². The Kier molecular flexibility index (Phi) is 4.46. The molecule has 0 aliphatic carbocycles. The van der Waals surface area contributed by atoms with Gasteiger partial charge in [0, 0.05) is 44.9 Å². The molecule has 0 spiro atoms. The molecule has 0 unspecified atom stereocenters. The Morgan fingerprint density at radius 3 is 1.83 bits per heavy atom. The topological polar surface area (TPSA) is 24.0 Å². The first-order valence-electron chi connectivity index (χ1n) is 11.9. The van der Waals surface area contributed by atoms with Crippen LogP contribution in [0, 0.1) is 0 Å². The van der Waals surface area contributed by atoms with Crippen molar-refractivity contribution >= 4 is 49.8 Å². The predicted molar refractivity (Wildman–Crippen MR) is 147 cm³/mol. The standard InChI is InChI=1S/C32H23N3/c1-2-9-23(10-3-1)34(32-16-8-13-29-28(32)21-22-33-29)24-17-19-25(20-18-24)35-30-14-6-4-11-26(30)27-12-5-7-15-31(27)35/h1-22,33H. The van der Waals surface area contributed by atoms with E-state index in [1.54, 1.807) is 0 Å². The molecule has 166 valence electrons. The van der Waals surface area contributed by atoms with Gasteiger partial charge in [-0.25, -0.2) is 0 Å². The molecule has 35 heavy (non-hydrogen) atoms. The van der Waals surface area contributed by atoms with Gasteiger partial charge in [0.2, 0.25) is 0 Å². The molecule has 3 nitrogen and oxygen atoms in total. The molecule has 0 atom stereocenters. The Hall–Kier alpha value is -4.76. The first-order valence-corrected chi connectivity index (χ1v) is 11.9. The maximum absolute atomic E-state index is 3.35. The molecule has 0 saturated heterocycles. The lowest BCUT2D eigenvalue weighted by molar-refractivity contribution is 1.17. The number of benzene rings is 5. The number of H-pyrrole nitrogens is 1. The molecule has 0 radical (unpaired) electrons. The molecule has 2 heterocycles. The van der Waals surface area contributed by atoms with Crippen LogP contribution in [0.5, 0.6) is 0 Å². The lowest BCUT2D eigenvalue weighted by Crippen LogP contribution is -2.10. The SMILES string of the molecule is c1ccc(N(c2ccc(-n3c4ccccc4c4ccccc43)cc2)c2cccc3[nH]ccc23)cc1. The molecule has 0 bridgehead atoms. The van der Waals surface area contributed by atoms with E-state index in [1.165, 1.54) is 27.2 Å². The van der Waals surface area contributed by atoms with Crippen LogP contribution >= 0.6 is 0 Å². The van der Waals surface area contributed by atoms with Crippen LogP contribution in [0.15, 0.2) is 134 Å². The van der Waals surface area contributed by atoms with Gasteiger partial charge in [0.25, 0.3) is 0 Å². The van der Waals surface area contributed by atoms with Crippen molar-refractivity contribution in [3.8, 4) is 5.69 Å². The Morgan fingerprint density at radius 1 is 0.486 bits per heavy atom. The molecule has 7 rings (SSSR count). The number of nitrogens with one attached hydrogen (secondary N) is 1. The summed E-state index contributed by atoms with van der Waals surface area (Å²) in [7, 11) is 0. The summed E-state index contributed by atoms with van der Waals surface area (Å²) >= 11 is 0. The zero-order valence-electron chi connectivity index (χ0n) is 19.1. The van der Waals surface area contributed by atoms with Crippen molar-refractivity contribution in [2.75, 3.05) is 4.90 Å². The van der Waals surface area contributed by atoms with Gasteiger partial charge in [0.1, 0.15) is 0 Å². The first kappa shape index (κ1) is 19.7. The fourth-order valence-electron chi connectivity index (χ4n) is 5.22. The van der Waals surface area contributed by atoms with E-state index in [-0.39, 0.29) is 0 Å². The second-order valence-electron chi connectivity index (χ2n) is 8.77. The van der Waals surface area contributed by atoms with E-state index in [0.29, 0.717) is 0 Å². The summed E-state index contributed by atoms with van der Waals surface area (Å²) in [6.07, 6.45) is 2.00. The average Bonchev–Trinajstić information content (AvgIpc) is 3.53. The molecule has 2 aromatic heterocycles. The fourth-order valence-corrected chi connectivity index (χ4v) is 5.22. The lowest BCUT2D eigenvalue weighted by atomic mass is 10.1. The number of hydrogen-bond acceptors (Lipinski definition) is 1. The highest BCUT2D eigenvalue weighted by Crippen LogP contribution is 2.39. The second kappa shape index (κ2) is 7.93. The molecule has 0 aliphatic rings. The maximum atomic E-state index is 3.35. The van der Waals surface area contributed by atoms with Gasteiger partial charge in [-0.15, -0.1) is 0 Å². The van der Waals surface area contributed by atoms with Crippen molar-refractivity contribution in [2.45, 2.75) is 0 Å². The van der Waals surface area contributed by atoms with Gasteiger partial charge in [-0.05, 0) is 66.7 Å². The summed E-state index contributed by atoms with van der Waals surface area (Å²) in [6.45, 7) is 0. The van der Waals surface area contributed by atoms with Gasteiger partial charge in [-0.1, -0.05) is 60.7 Å². The number of rotatable bonds is 4. The minimum atomic E-state index is 1.12. The number of aromatic nitrogens is 2. The lowest BCUT2D eigenvalue weighted by Gasteiger charge is -2.26. The Labute approximate surface area is 203 Å². The molecule has 0 fully saturated rings. The van der Waals surface area contributed by atoms with E-state index >= 15 is 0 Å². The number of hydrogen-bond donors (Lipinski definition) is 1. The van der Waals surface area contributed by atoms with E-state index in [1.807, 2.05) is 6.20 Å². The molecule has 3 heteroatoms. The van der Waals surface area contributed by atoms with Gasteiger partial charge >= 0.3 is 0 Å². The van der Waals surface area contributed by atoms with Crippen molar-refractivity contribution in [3.05, 3.63) is 134 Å². The molecular weight excluding hydrogens is 426 g/mol. The Balaban J connectivity index is 1.41. The van der Waals surface area contributed by atoms with Gasteiger partial charge < -0.3 is 14.5 Å². The maximum Gasteiger partial charge on any atom is 0.0555 e. The highest BCUT2D eigenvalue weighted by molar-refractivity contribution is 6.09. The summed E-state index contributed by atoms with van der Waals surface area (Å²) in [5.74, 6) is 0. The zero-order chi connectivity index (χ0) is 23.2. The quantitative estimate of drug-likeness (QED) is 0.285. The second-order valence-corrected chi connectivity index (χ2v) is 8.77. The van der Waals surface area contributed by atoms with Crippen molar-refractivity contribution in [1.82, 2.24) is 9.55 Å².